The first-order valence-corrected chi connectivity index (χ1v) is 6.64. The average molecular weight is 272 g/mol. The summed E-state index contributed by atoms with van der Waals surface area (Å²) in [5.74, 6) is 0.105. The highest BCUT2D eigenvalue weighted by Gasteiger charge is 2.23. The number of pyridine rings is 1. The second kappa shape index (κ2) is 5.59. The Morgan fingerprint density at radius 3 is 2.60 bits per heavy atom. The van der Waals surface area contributed by atoms with Gasteiger partial charge in [0.05, 0.1) is 11.4 Å². The summed E-state index contributed by atoms with van der Waals surface area (Å²) in [4.78, 5) is 8.27. The van der Waals surface area contributed by atoms with Crippen LogP contribution in [0, 0.1) is 5.41 Å². The second-order valence-electron chi connectivity index (χ2n) is 5.87. The average Bonchev–Trinajstić information content (AvgIpc) is 2.41. The molecule has 1 unspecified atom stereocenters. The van der Waals surface area contributed by atoms with E-state index in [1.165, 1.54) is 5.57 Å². The van der Waals surface area contributed by atoms with Gasteiger partial charge in [0.1, 0.15) is 5.76 Å². The van der Waals surface area contributed by atoms with E-state index in [4.69, 9.17) is 0 Å². The molecule has 0 spiro atoms. The topological polar surface area (TPSA) is 65.7 Å². The van der Waals surface area contributed by atoms with Crippen molar-refractivity contribution in [2.75, 3.05) is 0 Å². The molecule has 1 aromatic heterocycles. The number of aromatic nitrogens is 1. The third-order valence-corrected chi connectivity index (χ3v) is 3.29. The van der Waals surface area contributed by atoms with Crippen LogP contribution < -0.4 is 0 Å². The first kappa shape index (κ1) is 14.5. The SMILES string of the molecule is CC(C)(C)C1=CC=C(O)C(=NC(O)c2ccccn2)C1. The molecule has 0 radical (unpaired) electrons. The molecule has 1 aromatic rings. The fraction of sp³-hybridized carbons (Fsp3) is 0.375. The summed E-state index contributed by atoms with van der Waals surface area (Å²) < 4.78 is 0. The summed E-state index contributed by atoms with van der Waals surface area (Å²) in [5.41, 5.74) is 2.14. The van der Waals surface area contributed by atoms with Gasteiger partial charge >= 0.3 is 0 Å². The zero-order valence-electron chi connectivity index (χ0n) is 12.0. The molecule has 2 N–H and O–H groups in total. The van der Waals surface area contributed by atoms with Crippen molar-refractivity contribution in [1.82, 2.24) is 4.98 Å². The van der Waals surface area contributed by atoms with Crippen molar-refractivity contribution >= 4 is 5.71 Å². The van der Waals surface area contributed by atoms with Gasteiger partial charge in [0.15, 0.2) is 6.23 Å². The highest BCUT2D eigenvalue weighted by molar-refractivity contribution is 6.01. The predicted octanol–water partition coefficient (Wildman–Crippen LogP) is 3.33. The molecule has 0 bridgehead atoms. The molecule has 1 heterocycles. The van der Waals surface area contributed by atoms with Crippen molar-refractivity contribution in [3.63, 3.8) is 0 Å². The molecule has 0 saturated heterocycles. The van der Waals surface area contributed by atoms with Crippen molar-refractivity contribution < 1.29 is 10.2 Å². The van der Waals surface area contributed by atoms with Gasteiger partial charge in [-0.1, -0.05) is 38.5 Å². The normalized spacial score (nSPS) is 19.5. The lowest BCUT2D eigenvalue weighted by Gasteiger charge is -2.26. The van der Waals surface area contributed by atoms with E-state index in [0.29, 0.717) is 17.8 Å². The molecule has 106 valence electrons. The standard InChI is InChI=1S/C16H20N2O2/c1-16(2,3)11-7-8-14(19)13(10-11)18-15(20)12-6-4-5-9-17-12/h4-9,15,19-20H,10H2,1-3H3. The maximum atomic E-state index is 10.1. The molecule has 2 rings (SSSR count). The van der Waals surface area contributed by atoms with Crippen molar-refractivity contribution in [2.24, 2.45) is 10.4 Å². The van der Waals surface area contributed by atoms with Gasteiger partial charge in [-0.15, -0.1) is 0 Å². The summed E-state index contributed by atoms with van der Waals surface area (Å²) in [6.07, 6.45) is 4.64. The van der Waals surface area contributed by atoms with E-state index < -0.39 is 6.23 Å². The number of aliphatic imine (C=N–C) groups is 1. The maximum absolute atomic E-state index is 10.1. The molecule has 0 amide bonds. The quantitative estimate of drug-likeness (QED) is 0.867. The minimum absolute atomic E-state index is 0.00786. The van der Waals surface area contributed by atoms with Crippen LogP contribution in [0.1, 0.15) is 39.1 Å². The fourth-order valence-corrected chi connectivity index (χ4v) is 1.97. The summed E-state index contributed by atoms with van der Waals surface area (Å²) >= 11 is 0. The van der Waals surface area contributed by atoms with Gasteiger partial charge in [-0.3, -0.25) is 4.98 Å². The Morgan fingerprint density at radius 2 is 2.00 bits per heavy atom. The van der Waals surface area contributed by atoms with E-state index >= 15 is 0 Å². The molecule has 1 aliphatic rings. The molecule has 1 aliphatic carbocycles. The van der Waals surface area contributed by atoms with E-state index in [1.54, 1.807) is 30.5 Å². The van der Waals surface area contributed by atoms with Crippen molar-refractivity contribution in [1.29, 1.82) is 0 Å². The van der Waals surface area contributed by atoms with E-state index in [9.17, 15) is 10.2 Å². The Balaban J connectivity index is 2.24. The van der Waals surface area contributed by atoms with Crippen LogP contribution in [-0.4, -0.2) is 20.9 Å². The van der Waals surface area contributed by atoms with Crippen molar-refractivity contribution in [3.05, 3.63) is 53.6 Å². The highest BCUT2D eigenvalue weighted by Crippen LogP contribution is 2.32. The largest absolute Gasteiger partial charge is 0.506 e. The van der Waals surface area contributed by atoms with Gasteiger partial charge in [-0.2, -0.15) is 0 Å². The number of nitrogens with zero attached hydrogens (tertiary/aromatic N) is 2. The molecule has 4 heteroatoms. The van der Waals surface area contributed by atoms with Gasteiger partial charge in [-0.25, -0.2) is 4.99 Å². The molecule has 1 atom stereocenters. The molecular weight excluding hydrogens is 252 g/mol. The smallest absolute Gasteiger partial charge is 0.188 e. The van der Waals surface area contributed by atoms with Crippen LogP contribution in [0.2, 0.25) is 0 Å². The van der Waals surface area contributed by atoms with Crippen LogP contribution >= 0.6 is 0 Å². The predicted molar refractivity (Wildman–Crippen MR) is 79.5 cm³/mol. The second-order valence-corrected chi connectivity index (χ2v) is 5.87. The minimum Gasteiger partial charge on any atom is -0.506 e. The van der Waals surface area contributed by atoms with E-state index in [1.807, 2.05) is 6.08 Å². The minimum atomic E-state index is -1.05. The Labute approximate surface area is 119 Å². The van der Waals surface area contributed by atoms with E-state index in [-0.39, 0.29) is 11.2 Å². The Kier molecular flexibility index (Phi) is 4.04. The Morgan fingerprint density at radius 1 is 1.25 bits per heavy atom. The summed E-state index contributed by atoms with van der Waals surface area (Å²) in [7, 11) is 0. The van der Waals surface area contributed by atoms with E-state index in [2.05, 4.69) is 30.7 Å². The van der Waals surface area contributed by atoms with Crippen LogP contribution in [-0.2, 0) is 0 Å². The molecule has 0 fully saturated rings. The number of rotatable bonds is 2. The van der Waals surface area contributed by atoms with Gasteiger partial charge < -0.3 is 10.2 Å². The van der Waals surface area contributed by atoms with Gasteiger partial charge in [0.2, 0.25) is 0 Å². The summed E-state index contributed by atoms with van der Waals surface area (Å²) in [6.45, 7) is 6.34. The van der Waals surface area contributed by atoms with Crippen LogP contribution in [0.5, 0.6) is 0 Å². The third-order valence-electron chi connectivity index (χ3n) is 3.29. The lowest BCUT2D eigenvalue weighted by Crippen LogP contribution is -2.18. The lowest BCUT2D eigenvalue weighted by molar-refractivity contribution is 0.183. The van der Waals surface area contributed by atoms with Crippen LogP contribution in [0.3, 0.4) is 0 Å². The van der Waals surface area contributed by atoms with Gasteiger partial charge in [0, 0.05) is 12.6 Å². The zero-order valence-corrected chi connectivity index (χ0v) is 12.0. The molecule has 4 nitrogen and oxygen atoms in total. The highest BCUT2D eigenvalue weighted by atomic mass is 16.3. The molecule has 0 saturated carbocycles. The van der Waals surface area contributed by atoms with Crippen LogP contribution in [0.15, 0.2) is 52.9 Å². The molecule has 0 aromatic carbocycles. The van der Waals surface area contributed by atoms with Crippen molar-refractivity contribution in [3.8, 4) is 0 Å². The monoisotopic (exact) mass is 272 g/mol. The number of allylic oxidation sites excluding steroid dienone is 4. The third kappa shape index (κ3) is 3.33. The fourth-order valence-electron chi connectivity index (χ4n) is 1.97. The summed E-state index contributed by atoms with van der Waals surface area (Å²) in [5, 5.41) is 20.0. The molecular formula is C16H20N2O2. The summed E-state index contributed by atoms with van der Waals surface area (Å²) in [6, 6.07) is 5.28. The van der Waals surface area contributed by atoms with Crippen LogP contribution in [0.4, 0.5) is 0 Å². The molecule has 20 heavy (non-hydrogen) atoms. The van der Waals surface area contributed by atoms with Gasteiger partial charge in [-0.05, 0) is 23.6 Å². The number of hydrogen-bond donors (Lipinski definition) is 2. The molecule has 0 aliphatic heterocycles. The van der Waals surface area contributed by atoms with Crippen LogP contribution in [0.25, 0.3) is 0 Å². The number of aliphatic hydroxyl groups excluding tert-OH is 2. The van der Waals surface area contributed by atoms with Gasteiger partial charge in [0.25, 0.3) is 0 Å². The maximum Gasteiger partial charge on any atom is 0.188 e. The first-order valence-electron chi connectivity index (χ1n) is 6.64. The first-order chi connectivity index (χ1) is 9.38. The number of hydrogen-bond acceptors (Lipinski definition) is 4. The Hall–Kier alpha value is -1.94. The zero-order chi connectivity index (χ0) is 14.8. The Bertz CT molecular complexity index is 566. The lowest BCUT2D eigenvalue weighted by atomic mass is 9.81. The van der Waals surface area contributed by atoms with E-state index in [0.717, 1.165) is 0 Å². The number of aliphatic hydroxyl groups is 2. The van der Waals surface area contributed by atoms with Crippen molar-refractivity contribution in [2.45, 2.75) is 33.4 Å².